The number of aliphatic hydroxyl groups excluding tert-OH is 1. The summed E-state index contributed by atoms with van der Waals surface area (Å²) in [5.41, 5.74) is 2.49. The molecule has 112 valence electrons. The number of halogens is 1. The van der Waals surface area contributed by atoms with Crippen molar-refractivity contribution in [1.82, 2.24) is 4.98 Å². The highest BCUT2D eigenvalue weighted by atomic mass is 19.1. The van der Waals surface area contributed by atoms with E-state index in [4.69, 9.17) is 4.74 Å². The topological polar surface area (TPSA) is 42.4 Å². The summed E-state index contributed by atoms with van der Waals surface area (Å²) < 4.78 is 18.6. The molecule has 3 aromatic rings. The highest BCUT2D eigenvalue weighted by Crippen LogP contribution is 2.23. The maximum Gasteiger partial charge on any atom is 0.123 e. The predicted octanol–water partition coefficient (Wildman–Crippen LogP) is 4.01. The van der Waals surface area contributed by atoms with E-state index in [9.17, 15) is 9.50 Å². The van der Waals surface area contributed by atoms with Gasteiger partial charge in [0.05, 0.1) is 11.6 Å². The molecule has 3 rings (SSSR count). The van der Waals surface area contributed by atoms with E-state index in [1.54, 1.807) is 25.3 Å². The lowest BCUT2D eigenvalue weighted by Gasteiger charge is -2.09. The Morgan fingerprint density at radius 1 is 1.14 bits per heavy atom. The maximum atomic E-state index is 12.8. The number of aliphatic hydroxyl groups is 1. The van der Waals surface area contributed by atoms with Gasteiger partial charge in [-0.15, -0.1) is 0 Å². The number of rotatable bonds is 4. The number of benzene rings is 2. The van der Waals surface area contributed by atoms with E-state index in [-0.39, 0.29) is 5.82 Å². The van der Waals surface area contributed by atoms with Gasteiger partial charge in [0.15, 0.2) is 0 Å². The molecule has 0 fully saturated rings. The minimum Gasteiger partial charge on any atom is -0.489 e. The van der Waals surface area contributed by atoms with Crippen LogP contribution in [0.3, 0.4) is 0 Å². The normalized spacial score (nSPS) is 12.3. The van der Waals surface area contributed by atoms with Crippen LogP contribution < -0.4 is 4.74 Å². The number of pyridine rings is 1. The van der Waals surface area contributed by atoms with E-state index < -0.39 is 6.10 Å². The van der Waals surface area contributed by atoms with Crippen molar-refractivity contribution in [3.8, 4) is 5.75 Å². The lowest BCUT2D eigenvalue weighted by molar-refractivity contribution is 0.199. The van der Waals surface area contributed by atoms with Gasteiger partial charge in [-0.25, -0.2) is 4.39 Å². The van der Waals surface area contributed by atoms with Crippen molar-refractivity contribution in [2.24, 2.45) is 0 Å². The van der Waals surface area contributed by atoms with Crippen LogP contribution in [0.2, 0.25) is 0 Å². The Bertz CT molecular complexity index is 785. The first kappa shape index (κ1) is 14.5. The highest BCUT2D eigenvalue weighted by molar-refractivity contribution is 5.80. The molecule has 0 aliphatic carbocycles. The largest absolute Gasteiger partial charge is 0.489 e. The fourth-order valence-electron chi connectivity index (χ4n) is 2.18. The van der Waals surface area contributed by atoms with Gasteiger partial charge in [0.25, 0.3) is 0 Å². The summed E-state index contributed by atoms with van der Waals surface area (Å²) in [6.07, 6.45) is 1.13. The first-order valence-corrected chi connectivity index (χ1v) is 7.07. The quantitative estimate of drug-likeness (QED) is 0.791. The van der Waals surface area contributed by atoms with Gasteiger partial charge in [-0.1, -0.05) is 12.1 Å². The second-order valence-corrected chi connectivity index (χ2v) is 5.21. The summed E-state index contributed by atoms with van der Waals surface area (Å²) in [4.78, 5) is 4.34. The Kier molecular flexibility index (Phi) is 4.02. The third kappa shape index (κ3) is 3.23. The van der Waals surface area contributed by atoms with Gasteiger partial charge >= 0.3 is 0 Å². The average molecular weight is 297 g/mol. The molecule has 0 aliphatic rings. The van der Waals surface area contributed by atoms with E-state index in [0.717, 1.165) is 22.0 Å². The molecule has 0 aliphatic heterocycles. The maximum absolute atomic E-state index is 12.8. The van der Waals surface area contributed by atoms with Crippen LogP contribution in [0, 0.1) is 5.82 Å². The minimum atomic E-state index is -0.536. The van der Waals surface area contributed by atoms with Crippen molar-refractivity contribution in [2.45, 2.75) is 19.6 Å². The molecule has 0 saturated carbocycles. The molecule has 1 atom stereocenters. The number of ether oxygens (including phenoxy) is 1. The van der Waals surface area contributed by atoms with Gasteiger partial charge < -0.3 is 9.84 Å². The number of hydrogen-bond acceptors (Lipinski definition) is 3. The van der Waals surface area contributed by atoms with E-state index in [1.807, 2.05) is 24.3 Å². The molecule has 0 radical (unpaired) electrons. The van der Waals surface area contributed by atoms with Crippen LogP contribution in [0.1, 0.15) is 24.2 Å². The molecule has 22 heavy (non-hydrogen) atoms. The zero-order chi connectivity index (χ0) is 15.5. The average Bonchev–Trinajstić information content (AvgIpc) is 2.53. The predicted molar refractivity (Wildman–Crippen MR) is 83.1 cm³/mol. The lowest BCUT2D eigenvalue weighted by Crippen LogP contribution is -1.96. The van der Waals surface area contributed by atoms with Gasteiger partial charge in [-0.2, -0.15) is 0 Å². The molecule has 1 heterocycles. The Balaban J connectivity index is 1.77. The van der Waals surface area contributed by atoms with E-state index in [2.05, 4.69) is 4.98 Å². The molecule has 1 N–H and O–H groups in total. The summed E-state index contributed by atoms with van der Waals surface area (Å²) in [5, 5.41) is 10.5. The Labute approximate surface area is 128 Å². The second kappa shape index (κ2) is 6.12. The minimum absolute atomic E-state index is 0.257. The summed E-state index contributed by atoms with van der Waals surface area (Å²) in [6.45, 7) is 2.08. The van der Waals surface area contributed by atoms with E-state index in [0.29, 0.717) is 12.4 Å². The Morgan fingerprint density at radius 2 is 1.91 bits per heavy atom. The van der Waals surface area contributed by atoms with Crippen LogP contribution in [0.4, 0.5) is 4.39 Å². The summed E-state index contributed by atoms with van der Waals surface area (Å²) >= 11 is 0. The van der Waals surface area contributed by atoms with Crippen molar-refractivity contribution in [2.75, 3.05) is 0 Å². The molecular formula is C18H16FNO2. The standard InChI is InChI=1S/C18H16FNO2/c1-12(21)15-8-14-4-7-17(9-18(14)20-10-15)22-11-13-2-5-16(19)6-3-13/h2-10,12,21H,11H2,1H3/t12-/m0/s1. The number of hydrogen-bond donors (Lipinski definition) is 1. The first-order valence-electron chi connectivity index (χ1n) is 7.07. The SMILES string of the molecule is C[C@H](O)c1cnc2cc(OCc3ccc(F)cc3)ccc2c1. The third-order valence-corrected chi connectivity index (χ3v) is 3.48. The highest BCUT2D eigenvalue weighted by Gasteiger charge is 2.05. The molecule has 0 spiro atoms. The van der Waals surface area contributed by atoms with Crippen molar-refractivity contribution >= 4 is 10.9 Å². The summed E-state index contributed by atoms with van der Waals surface area (Å²) in [6, 6.07) is 13.8. The molecule has 0 amide bonds. The monoisotopic (exact) mass is 297 g/mol. The number of nitrogens with zero attached hydrogens (tertiary/aromatic N) is 1. The zero-order valence-electron chi connectivity index (χ0n) is 12.2. The van der Waals surface area contributed by atoms with Crippen molar-refractivity contribution in [3.05, 3.63) is 71.7 Å². The second-order valence-electron chi connectivity index (χ2n) is 5.21. The molecule has 2 aromatic carbocycles. The number of aromatic nitrogens is 1. The summed E-state index contributed by atoms with van der Waals surface area (Å²) in [7, 11) is 0. The van der Waals surface area contributed by atoms with Gasteiger partial charge in [0, 0.05) is 17.6 Å². The van der Waals surface area contributed by atoms with Crippen LogP contribution in [0.15, 0.2) is 54.7 Å². The molecular weight excluding hydrogens is 281 g/mol. The smallest absolute Gasteiger partial charge is 0.123 e. The molecule has 3 nitrogen and oxygen atoms in total. The van der Waals surface area contributed by atoms with E-state index in [1.165, 1.54) is 12.1 Å². The fourth-order valence-corrected chi connectivity index (χ4v) is 2.18. The summed E-state index contributed by atoms with van der Waals surface area (Å²) in [5.74, 6) is 0.446. The van der Waals surface area contributed by atoms with Crippen molar-refractivity contribution in [3.63, 3.8) is 0 Å². The van der Waals surface area contributed by atoms with Crippen LogP contribution in [0.25, 0.3) is 10.9 Å². The Morgan fingerprint density at radius 3 is 2.64 bits per heavy atom. The van der Waals surface area contributed by atoms with Gasteiger partial charge in [-0.05, 0) is 48.4 Å². The van der Waals surface area contributed by atoms with Gasteiger partial charge in [-0.3, -0.25) is 4.98 Å². The Hall–Kier alpha value is -2.46. The molecule has 1 aromatic heterocycles. The van der Waals surface area contributed by atoms with Crippen LogP contribution in [-0.2, 0) is 6.61 Å². The van der Waals surface area contributed by atoms with Crippen molar-refractivity contribution in [1.29, 1.82) is 0 Å². The van der Waals surface area contributed by atoms with Crippen LogP contribution >= 0.6 is 0 Å². The van der Waals surface area contributed by atoms with Crippen LogP contribution in [-0.4, -0.2) is 10.1 Å². The molecule has 4 heteroatoms. The molecule has 0 unspecified atom stereocenters. The number of fused-ring (bicyclic) bond motifs is 1. The van der Waals surface area contributed by atoms with Gasteiger partial charge in [0.1, 0.15) is 18.2 Å². The zero-order valence-corrected chi connectivity index (χ0v) is 12.2. The first-order chi connectivity index (χ1) is 10.6. The lowest BCUT2D eigenvalue weighted by atomic mass is 10.1. The van der Waals surface area contributed by atoms with Crippen molar-refractivity contribution < 1.29 is 14.2 Å². The van der Waals surface area contributed by atoms with Gasteiger partial charge in [0.2, 0.25) is 0 Å². The van der Waals surface area contributed by atoms with E-state index >= 15 is 0 Å². The third-order valence-electron chi connectivity index (χ3n) is 3.48. The molecule has 0 bridgehead atoms. The van der Waals surface area contributed by atoms with Crippen LogP contribution in [0.5, 0.6) is 5.75 Å². The fraction of sp³-hybridized carbons (Fsp3) is 0.167. The molecule has 0 saturated heterocycles.